The molecule has 4 aromatic rings. The number of aliphatic imine (C=N–C) groups is 1. The van der Waals surface area contributed by atoms with Gasteiger partial charge in [-0.2, -0.15) is 0 Å². The summed E-state index contributed by atoms with van der Waals surface area (Å²) in [5.74, 6) is 0.339. The molecule has 0 saturated heterocycles. The third kappa shape index (κ3) is 3.75. The van der Waals surface area contributed by atoms with Crippen LogP contribution in [0.25, 0.3) is 11.5 Å². The fourth-order valence-electron chi connectivity index (χ4n) is 3.72. The number of fused-ring (bicyclic) bond motifs is 1. The van der Waals surface area contributed by atoms with Gasteiger partial charge in [0.2, 0.25) is 5.89 Å². The topological polar surface area (TPSA) is 80.4 Å². The van der Waals surface area contributed by atoms with Crippen LogP contribution >= 0.6 is 0 Å². The number of carbonyl (C=O) groups excluding carboxylic acids is 1. The van der Waals surface area contributed by atoms with Crippen LogP contribution in [0.1, 0.15) is 22.3 Å². The zero-order valence-corrected chi connectivity index (χ0v) is 16.9. The zero-order chi connectivity index (χ0) is 21.2. The Morgan fingerprint density at radius 2 is 1.58 bits per heavy atom. The molecule has 0 bridgehead atoms. The van der Waals surface area contributed by atoms with E-state index in [1.165, 1.54) is 0 Å². The molecular weight excluding hydrogens is 388 g/mol. The fourth-order valence-corrected chi connectivity index (χ4v) is 3.72. The molecule has 5 rings (SSSR count). The number of aromatic nitrogens is 2. The molecule has 1 aliphatic rings. The van der Waals surface area contributed by atoms with E-state index in [4.69, 9.17) is 9.41 Å². The van der Waals surface area contributed by atoms with Crippen LogP contribution in [-0.4, -0.2) is 27.9 Å². The summed E-state index contributed by atoms with van der Waals surface area (Å²) in [5.41, 5.74) is 5.50. The van der Waals surface area contributed by atoms with E-state index >= 15 is 0 Å². The molecule has 152 valence electrons. The number of nitrogens with one attached hydrogen (secondary N) is 1. The van der Waals surface area contributed by atoms with E-state index in [0.29, 0.717) is 5.89 Å². The van der Waals surface area contributed by atoms with Crippen LogP contribution in [0.3, 0.4) is 0 Å². The lowest BCUT2D eigenvalue weighted by Gasteiger charge is -2.11. The first kappa shape index (κ1) is 18.9. The van der Waals surface area contributed by atoms with E-state index in [9.17, 15) is 4.79 Å². The van der Waals surface area contributed by atoms with Gasteiger partial charge in [0.05, 0.1) is 5.71 Å². The lowest BCUT2D eigenvalue weighted by molar-refractivity contribution is -0.119. The molecule has 0 fully saturated rings. The summed E-state index contributed by atoms with van der Waals surface area (Å²) in [6, 6.07) is 25.7. The number of rotatable bonds is 4. The van der Waals surface area contributed by atoms with Crippen molar-refractivity contribution in [1.82, 2.24) is 10.2 Å². The highest BCUT2D eigenvalue weighted by atomic mass is 16.4. The number of ketones is 1. The molecule has 0 spiro atoms. The zero-order valence-electron chi connectivity index (χ0n) is 16.9. The standard InChI is InChI=1S/C25H20N4O2/c1-16-9-5-7-13-19(16)24-28-29-25(31-24)27-23-21(30)15-18-12-6-8-14-20(18)22(26-23)17-10-3-2-4-11-17/h2-14,23H,15H2,1H3,(H,27,29). The Bertz CT molecular complexity index is 1280. The Kier molecular flexibility index (Phi) is 4.88. The number of benzene rings is 3. The molecule has 0 amide bonds. The lowest BCUT2D eigenvalue weighted by atomic mass is 9.96. The van der Waals surface area contributed by atoms with E-state index in [1.54, 1.807) is 0 Å². The molecule has 1 aromatic heterocycles. The minimum atomic E-state index is -0.826. The van der Waals surface area contributed by atoms with Gasteiger partial charge in [0, 0.05) is 23.1 Å². The maximum Gasteiger partial charge on any atom is 0.317 e. The summed E-state index contributed by atoms with van der Waals surface area (Å²) in [4.78, 5) is 17.8. The molecule has 31 heavy (non-hydrogen) atoms. The molecule has 6 nitrogen and oxygen atoms in total. The minimum absolute atomic E-state index is 0.0611. The van der Waals surface area contributed by atoms with Crippen LogP contribution in [0.15, 0.2) is 88.3 Å². The molecule has 3 aromatic carbocycles. The summed E-state index contributed by atoms with van der Waals surface area (Å²) < 4.78 is 5.81. The number of anilines is 1. The highest BCUT2D eigenvalue weighted by Gasteiger charge is 2.27. The third-order valence-electron chi connectivity index (χ3n) is 5.31. The summed E-state index contributed by atoms with van der Waals surface area (Å²) in [7, 11) is 0. The first-order chi connectivity index (χ1) is 15.2. The van der Waals surface area contributed by atoms with Gasteiger partial charge < -0.3 is 9.73 Å². The normalized spacial score (nSPS) is 15.7. The van der Waals surface area contributed by atoms with Gasteiger partial charge in [-0.1, -0.05) is 77.9 Å². The van der Waals surface area contributed by atoms with Crippen molar-refractivity contribution in [3.63, 3.8) is 0 Å². The van der Waals surface area contributed by atoms with Crippen molar-refractivity contribution in [3.8, 4) is 11.5 Å². The first-order valence-corrected chi connectivity index (χ1v) is 10.1. The number of nitrogens with zero attached hydrogens (tertiary/aromatic N) is 3. The minimum Gasteiger partial charge on any atom is -0.403 e. The van der Waals surface area contributed by atoms with Crippen LogP contribution in [-0.2, 0) is 11.2 Å². The van der Waals surface area contributed by atoms with E-state index in [-0.39, 0.29) is 18.2 Å². The maximum atomic E-state index is 13.0. The Hall–Kier alpha value is -4.06. The van der Waals surface area contributed by atoms with Gasteiger partial charge >= 0.3 is 6.01 Å². The van der Waals surface area contributed by atoms with Crippen molar-refractivity contribution in [2.24, 2.45) is 4.99 Å². The molecule has 1 N–H and O–H groups in total. The Morgan fingerprint density at radius 3 is 2.39 bits per heavy atom. The van der Waals surface area contributed by atoms with Crippen molar-refractivity contribution in [2.45, 2.75) is 19.5 Å². The van der Waals surface area contributed by atoms with Crippen LogP contribution in [0.4, 0.5) is 6.01 Å². The smallest absolute Gasteiger partial charge is 0.317 e. The van der Waals surface area contributed by atoms with Gasteiger partial charge in [-0.25, -0.2) is 0 Å². The highest BCUT2D eigenvalue weighted by molar-refractivity contribution is 6.16. The van der Waals surface area contributed by atoms with Gasteiger partial charge in [0.1, 0.15) is 0 Å². The second-order valence-corrected chi connectivity index (χ2v) is 7.42. The summed E-state index contributed by atoms with van der Waals surface area (Å²) >= 11 is 0. The number of aryl methyl sites for hydroxylation is 1. The van der Waals surface area contributed by atoms with Gasteiger partial charge in [-0.15, -0.1) is 5.10 Å². The monoisotopic (exact) mass is 408 g/mol. The fraction of sp³-hybridized carbons (Fsp3) is 0.120. The van der Waals surface area contributed by atoms with Crippen LogP contribution in [0.5, 0.6) is 0 Å². The second kappa shape index (κ2) is 7.99. The van der Waals surface area contributed by atoms with E-state index in [1.807, 2.05) is 85.8 Å². The van der Waals surface area contributed by atoms with Crippen LogP contribution in [0.2, 0.25) is 0 Å². The molecule has 0 aliphatic carbocycles. The first-order valence-electron chi connectivity index (χ1n) is 10.1. The lowest BCUT2D eigenvalue weighted by Crippen LogP contribution is -2.29. The predicted molar refractivity (Wildman–Crippen MR) is 119 cm³/mol. The molecule has 0 saturated carbocycles. The van der Waals surface area contributed by atoms with Gasteiger partial charge in [0.25, 0.3) is 0 Å². The van der Waals surface area contributed by atoms with Crippen molar-refractivity contribution in [2.75, 3.05) is 5.32 Å². The SMILES string of the molecule is Cc1ccccc1-c1nnc(NC2N=C(c3ccccc3)c3ccccc3CC2=O)o1. The van der Waals surface area contributed by atoms with Gasteiger partial charge in [-0.3, -0.25) is 9.79 Å². The van der Waals surface area contributed by atoms with E-state index in [0.717, 1.165) is 33.5 Å². The van der Waals surface area contributed by atoms with E-state index in [2.05, 4.69) is 15.5 Å². The van der Waals surface area contributed by atoms with Crippen molar-refractivity contribution < 1.29 is 9.21 Å². The molecule has 1 atom stereocenters. The molecule has 0 radical (unpaired) electrons. The predicted octanol–water partition coefficient (Wildman–Crippen LogP) is 4.45. The molecule has 6 heteroatoms. The second-order valence-electron chi connectivity index (χ2n) is 7.42. The summed E-state index contributed by atoms with van der Waals surface area (Å²) in [6.45, 7) is 1.98. The Morgan fingerprint density at radius 1 is 0.871 bits per heavy atom. The van der Waals surface area contributed by atoms with Crippen molar-refractivity contribution >= 4 is 17.5 Å². The molecule has 1 aliphatic heterocycles. The number of hydrogen-bond donors (Lipinski definition) is 1. The van der Waals surface area contributed by atoms with Crippen LogP contribution in [0, 0.1) is 6.92 Å². The largest absolute Gasteiger partial charge is 0.403 e. The third-order valence-corrected chi connectivity index (χ3v) is 5.31. The molecular formula is C25H20N4O2. The maximum absolute atomic E-state index is 13.0. The van der Waals surface area contributed by atoms with Gasteiger partial charge in [0.15, 0.2) is 11.9 Å². The molecule has 1 unspecified atom stereocenters. The quantitative estimate of drug-likeness (QED) is 0.540. The molecule has 2 heterocycles. The number of hydrogen-bond acceptors (Lipinski definition) is 6. The average molecular weight is 408 g/mol. The van der Waals surface area contributed by atoms with Crippen molar-refractivity contribution in [1.29, 1.82) is 0 Å². The summed E-state index contributed by atoms with van der Waals surface area (Å²) in [5, 5.41) is 11.3. The van der Waals surface area contributed by atoms with Gasteiger partial charge in [-0.05, 0) is 24.1 Å². The highest BCUT2D eigenvalue weighted by Crippen LogP contribution is 2.25. The van der Waals surface area contributed by atoms with E-state index < -0.39 is 6.17 Å². The average Bonchev–Trinajstić information content (AvgIpc) is 3.21. The number of Topliss-reactive ketones (excluding diaryl/α,β-unsaturated/α-hetero) is 1. The van der Waals surface area contributed by atoms with Crippen molar-refractivity contribution in [3.05, 3.63) is 101 Å². The number of carbonyl (C=O) groups is 1. The summed E-state index contributed by atoms with van der Waals surface area (Å²) in [6.07, 6.45) is -0.556. The Labute approximate surface area is 179 Å². The Balaban J connectivity index is 1.51. The van der Waals surface area contributed by atoms with Crippen LogP contribution < -0.4 is 5.32 Å².